The van der Waals surface area contributed by atoms with Gasteiger partial charge in [0.1, 0.15) is 6.10 Å². The third kappa shape index (κ3) is 8.66. The fourth-order valence-corrected chi connectivity index (χ4v) is 3.89. The van der Waals surface area contributed by atoms with Crippen LogP contribution in [-0.4, -0.2) is 28.7 Å². The topological polar surface area (TPSA) is 74.7 Å². The standard InChI is InChI=1S/C21H35N3O2/c22-24-19-13-9-7-5-3-1-2-4-6-8-12-18(16-17-19)23-21(25)26-20-14-10-11-15-20/h9,13,18,20H,1-8,10-12,14-17H2,(H,23,25). The SMILES string of the molecule is [N-]=[N+]=C1C=CCCCCCCCCCC(NC(=O)OC2CCCC2)CC1. The molecular formula is C21H35N3O2. The van der Waals surface area contributed by atoms with Crippen molar-refractivity contribution in [3.8, 4) is 0 Å². The van der Waals surface area contributed by atoms with E-state index in [1.165, 1.54) is 38.5 Å². The van der Waals surface area contributed by atoms with Gasteiger partial charge in [-0.1, -0.05) is 44.6 Å². The van der Waals surface area contributed by atoms with Crippen LogP contribution in [0.25, 0.3) is 5.53 Å². The number of allylic oxidation sites excluding steroid dienone is 2. The highest BCUT2D eigenvalue weighted by Crippen LogP contribution is 2.21. The van der Waals surface area contributed by atoms with E-state index in [0.29, 0.717) is 12.1 Å². The normalized spacial score (nSPS) is 24.3. The lowest BCUT2D eigenvalue weighted by molar-refractivity contribution is -0.00669. The first-order valence-electron chi connectivity index (χ1n) is 10.6. The number of amides is 1. The van der Waals surface area contributed by atoms with Crippen LogP contribution in [0.3, 0.4) is 0 Å². The van der Waals surface area contributed by atoms with Crippen LogP contribution in [0.5, 0.6) is 0 Å². The van der Waals surface area contributed by atoms with E-state index in [1.807, 2.05) is 6.08 Å². The maximum absolute atomic E-state index is 12.2. The maximum atomic E-state index is 12.2. The molecule has 146 valence electrons. The molecule has 0 aromatic rings. The summed E-state index contributed by atoms with van der Waals surface area (Å²) in [6.45, 7) is 0. The zero-order valence-corrected chi connectivity index (χ0v) is 16.1. The summed E-state index contributed by atoms with van der Waals surface area (Å²) in [7, 11) is 0. The third-order valence-electron chi connectivity index (χ3n) is 5.51. The van der Waals surface area contributed by atoms with Crippen LogP contribution in [0.15, 0.2) is 12.2 Å². The second-order valence-corrected chi connectivity index (χ2v) is 7.74. The summed E-state index contributed by atoms with van der Waals surface area (Å²) in [6, 6.07) is 0.0826. The van der Waals surface area contributed by atoms with Crippen LogP contribution < -0.4 is 5.32 Å². The van der Waals surface area contributed by atoms with Gasteiger partial charge in [0.15, 0.2) is 0 Å². The fourth-order valence-electron chi connectivity index (χ4n) is 3.89. The van der Waals surface area contributed by atoms with Gasteiger partial charge in [-0.25, -0.2) is 4.79 Å². The summed E-state index contributed by atoms with van der Waals surface area (Å²) in [5, 5.41) is 3.06. The monoisotopic (exact) mass is 361 g/mol. The number of rotatable bonds is 2. The molecule has 1 atom stereocenters. The first-order chi connectivity index (χ1) is 12.8. The summed E-state index contributed by atoms with van der Waals surface area (Å²) < 4.78 is 5.55. The number of hydrogen-bond donors (Lipinski definition) is 1. The smallest absolute Gasteiger partial charge is 0.407 e. The van der Waals surface area contributed by atoms with E-state index in [0.717, 1.165) is 51.4 Å². The van der Waals surface area contributed by atoms with Crippen molar-refractivity contribution < 1.29 is 14.3 Å². The molecule has 0 aliphatic heterocycles. The molecule has 2 aliphatic carbocycles. The van der Waals surface area contributed by atoms with Gasteiger partial charge >= 0.3 is 6.09 Å². The van der Waals surface area contributed by atoms with Crippen LogP contribution in [0.4, 0.5) is 4.79 Å². The Morgan fingerprint density at radius 1 is 0.962 bits per heavy atom. The molecule has 5 heteroatoms. The highest BCUT2D eigenvalue weighted by atomic mass is 16.6. The minimum atomic E-state index is -0.280. The number of ether oxygens (including phenoxy) is 1. The van der Waals surface area contributed by atoms with Crippen molar-refractivity contribution in [2.75, 3.05) is 0 Å². The number of alkyl carbamates (subject to hydrolysis) is 1. The van der Waals surface area contributed by atoms with Crippen molar-refractivity contribution in [2.45, 2.75) is 108 Å². The van der Waals surface area contributed by atoms with Gasteiger partial charge in [0, 0.05) is 12.1 Å². The fraction of sp³-hybridized carbons (Fsp3) is 0.810. The van der Waals surface area contributed by atoms with Crippen molar-refractivity contribution in [3.63, 3.8) is 0 Å². The Hall–Kier alpha value is -1.61. The van der Waals surface area contributed by atoms with Crippen LogP contribution >= 0.6 is 0 Å². The molecule has 26 heavy (non-hydrogen) atoms. The minimum Gasteiger partial charge on any atom is -0.446 e. The van der Waals surface area contributed by atoms with Gasteiger partial charge in [0.2, 0.25) is 0 Å². The second kappa shape index (κ2) is 12.7. The number of nitrogens with zero attached hydrogens (tertiary/aromatic N) is 2. The zero-order valence-electron chi connectivity index (χ0n) is 16.1. The lowest BCUT2D eigenvalue weighted by Crippen LogP contribution is -2.37. The molecule has 1 N–H and O–H groups in total. The molecule has 0 spiro atoms. The van der Waals surface area contributed by atoms with Crippen molar-refractivity contribution >= 4 is 11.8 Å². The molecule has 0 bridgehead atoms. The Bertz CT molecular complexity index is 491. The molecule has 1 unspecified atom stereocenters. The Labute approximate surface area is 158 Å². The highest BCUT2D eigenvalue weighted by Gasteiger charge is 2.21. The molecule has 0 aromatic carbocycles. The van der Waals surface area contributed by atoms with E-state index in [4.69, 9.17) is 4.74 Å². The van der Waals surface area contributed by atoms with E-state index in [1.54, 1.807) is 0 Å². The molecule has 1 fully saturated rings. The summed E-state index contributed by atoms with van der Waals surface area (Å²) in [4.78, 5) is 15.6. The van der Waals surface area contributed by atoms with E-state index in [9.17, 15) is 10.3 Å². The molecule has 0 aromatic heterocycles. The number of carbonyl (C=O) groups excluding carboxylic acids is 1. The van der Waals surface area contributed by atoms with Crippen molar-refractivity contribution in [3.05, 3.63) is 17.7 Å². The van der Waals surface area contributed by atoms with Gasteiger partial charge in [0.25, 0.3) is 5.71 Å². The largest absolute Gasteiger partial charge is 0.446 e. The molecule has 2 aliphatic rings. The summed E-state index contributed by atoms with van der Waals surface area (Å²) >= 11 is 0. The average molecular weight is 362 g/mol. The van der Waals surface area contributed by atoms with Gasteiger partial charge in [0.05, 0.1) is 6.42 Å². The van der Waals surface area contributed by atoms with Gasteiger partial charge in [-0.05, 0) is 51.4 Å². The molecule has 0 heterocycles. The average Bonchev–Trinajstić information content (AvgIpc) is 3.13. The van der Waals surface area contributed by atoms with Gasteiger partial charge < -0.3 is 15.6 Å². The summed E-state index contributed by atoms with van der Waals surface area (Å²) in [5.41, 5.74) is 9.91. The minimum absolute atomic E-state index is 0.0826. The lowest BCUT2D eigenvalue weighted by Gasteiger charge is -2.19. The maximum Gasteiger partial charge on any atom is 0.407 e. The van der Waals surface area contributed by atoms with Gasteiger partial charge in [-0.2, -0.15) is 4.79 Å². The Kier molecular flexibility index (Phi) is 10.1. The van der Waals surface area contributed by atoms with Crippen LogP contribution in [0, 0.1) is 0 Å². The Balaban J connectivity index is 1.86. The molecule has 1 amide bonds. The predicted octanol–water partition coefficient (Wildman–Crippen LogP) is 5.56. The van der Waals surface area contributed by atoms with E-state index in [2.05, 4.69) is 16.2 Å². The first-order valence-corrected chi connectivity index (χ1v) is 10.6. The first kappa shape index (κ1) is 20.7. The molecule has 1 saturated carbocycles. The third-order valence-corrected chi connectivity index (χ3v) is 5.51. The van der Waals surface area contributed by atoms with E-state index < -0.39 is 0 Å². The summed E-state index contributed by atoms with van der Waals surface area (Å²) in [6.07, 6.45) is 20.3. The van der Waals surface area contributed by atoms with Crippen LogP contribution in [0.1, 0.15) is 96.3 Å². The van der Waals surface area contributed by atoms with E-state index in [-0.39, 0.29) is 18.2 Å². The van der Waals surface area contributed by atoms with E-state index >= 15 is 0 Å². The van der Waals surface area contributed by atoms with Crippen LogP contribution in [0.2, 0.25) is 0 Å². The van der Waals surface area contributed by atoms with Crippen molar-refractivity contribution in [1.82, 2.24) is 5.32 Å². The van der Waals surface area contributed by atoms with Crippen molar-refractivity contribution in [2.24, 2.45) is 0 Å². The summed E-state index contributed by atoms with van der Waals surface area (Å²) in [5.74, 6) is 0. The number of nitrogens with one attached hydrogen (secondary N) is 1. The second-order valence-electron chi connectivity index (χ2n) is 7.74. The molecule has 5 nitrogen and oxygen atoms in total. The van der Waals surface area contributed by atoms with Crippen LogP contribution in [-0.2, 0) is 4.74 Å². The molecule has 0 radical (unpaired) electrons. The quantitative estimate of drug-likeness (QED) is 0.517. The molecule has 0 saturated heterocycles. The number of hydrogen-bond acceptors (Lipinski definition) is 2. The highest BCUT2D eigenvalue weighted by molar-refractivity contribution is 5.90. The molecular weight excluding hydrogens is 326 g/mol. The molecule has 2 rings (SSSR count). The lowest BCUT2D eigenvalue weighted by atomic mass is 10.0. The Morgan fingerprint density at radius 3 is 2.35 bits per heavy atom. The predicted molar refractivity (Wildman–Crippen MR) is 104 cm³/mol. The zero-order chi connectivity index (χ0) is 18.5. The number of carbonyl (C=O) groups is 1. The van der Waals surface area contributed by atoms with Gasteiger partial charge in [-0.15, -0.1) is 0 Å². The van der Waals surface area contributed by atoms with Gasteiger partial charge in [-0.3, -0.25) is 0 Å². The van der Waals surface area contributed by atoms with Crippen molar-refractivity contribution in [1.29, 1.82) is 0 Å². The Morgan fingerprint density at radius 2 is 1.62 bits per heavy atom.